The summed E-state index contributed by atoms with van der Waals surface area (Å²) in [6, 6.07) is 7.19. The molecule has 0 spiro atoms. The Bertz CT molecular complexity index is 374. The fraction of sp³-hybridized carbons (Fsp3) is 0.571. The Morgan fingerprint density at radius 1 is 1.35 bits per heavy atom. The van der Waals surface area contributed by atoms with Gasteiger partial charge < -0.3 is 15.0 Å². The quantitative estimate of drug-likeness (QED) is 0.741. The van der Waals surface area contributed by atoms with Crippen molar-refractivity contribution in [3.05, 3.63) is 29.3 Å². The number of ether oxygens (including phenoxy) is 1. The van der Waals surface area contributed by atoms with Crippen LogP contribution in [0.5, 0.6) is 5.75 Å². The van der Waals surface area contributed by atoms with E-state index in [4.69, 9.17) is 4.74 Å². The number of hydrogen-bond acceptors (Lipinski definition) is 1. The van der Waals surface area contributed by atoms with Crippen molar-refractivity contribution in [2.24, 2.45) is 0 Å². The lowest BCUT2D eigenvalue weighted by Gasteiger charge is -2.30. The normalized spacial score (nSPS) is 19.2. The van der Waals surface area contributed by atoms with Crippen molar-refractivity contribution < 1.29 is 15.0 Å². The molecule has 0 unspecified atom stereocenters. The average Bonchev–Trinajstić information content (AvgIpc) is 2.39. The van der Waals surface area contributed by atoms with Crippen LogP contribution >= 0.6 is 0 Å². The molecule has 17 heavy (non-hydrogen) atoms. The standard InChI is InChI=1S/C14H22N2O/c1-4-16(5-2)14-10-15-9-11-8-12(17-3)6-7-13(11)14/h6-8,14-15H,4-5,9-10H2,1-3H3/p+2/t14-/m0/s1. The van der Waals surface area contributed by atoms with E-state index in [1.165, 1.54) is 30.8 Å². The summed E-state index contributed by atoms with van der Waals surface area (Å²) in [5.41, 5.74) is 2.96. The first-order chi connectivity index (χ1) is 8.30. The fourth-order valence-corrected chi connectivity index (χ4v) is 2.89. The number of hydrogen-bond donors (Lipinski definition) is 2. The first-order valence-electron chi connectivity index (χ1n) is 6.63. The maximum atomic E-state index is 5.31. The first kappa shape index (κ1) is 12.4. The number of benzene rings is 1. The van der Waals surface area contributed by atoms with Gasteiger partial charge in [0.25, 0.3) is 0 Å². The van der Waals surface area contributed by atoms with Crippen LogP contribution in [0.15, 0.2) is 18.2 Å². The minimum absolute atomic E-state index is 0.639. The molecule has 0 aliphatic carbocycles. The summed E-state index contributed by atoms with van der Waals surface area (Å²) in [5.74, 6) is 0.979. The summed E-state index contributed by atoms with van der Waals surface area (Å²) >= 11 is 0. The Balaban J connectivity index is 2.31. The number of fused-ring (bicyclic) bond motifs is 1. The highest BCUT2D eigenvalue weighted by Gasteiger charge is 2.29. The minimum Gasteiger partial charge on any atom is -0.497 e. The Morgan fingerprint density at radius 3 is 2.76 bits per heavy atom. The molecule has 1 aliphatic rings. The maximum absolute atomic E-state index is 5.31. The lowest BCUT2D eigenvalue weighted by Crippen LogP contribution is -3.14. The zero-order valence-electron chi connectivity index (χ0n) is 11.1. The second kappa shape index (κ2) is 5.52. The van der Waals surface area contributed by atoms with Crippen LogP contribution in [0.4, 0.5) is 0 Å². The molecular formula is C14H24N2O+2. The zero-order chi connectivity index (χ0) is 12.3. The first-order valence-corrected chi connectivity index (χ1v) is 6.63. The largest absolute Gasteiger partial charge is 0.497 e. The van der Waals surface area contributed by atoms with Crippen molar-refractivity contribution in [2.75, 3.05) is 26.7 Å². The van der Waals surface area contributed by atoms with Gasteiger partial charge in [-0.25, -0.2) is 0 Å². The van der Waals surface area contributed by atoms with E-state index in [2.05, 4.69) is 37.4 Å². The number of rotatable bonds is 4. The summed E-state index contributed by atoms with van der Waals surface area (Å²) in [7, 11) is 1.74. The Kier molecular flexibility index (Phi) is 4.02. The van der Waals surface area contributed by atoms with Crippen molar-refractivity contribution in [3.8, 4) is 5.75 Å². The van der Waals surface area contributed by atoms with E-state index in [0.29, 0.717) is 6.04 Å². The minimum atomic E-state index is 0.639. The van der Waals surface area contributed by atoms with E-state index in [9.17, 15) is 0 Å². The Morgan fingerprint density at radius 2 is 2.12 bits per heavy atom. The Labute approximate surface area is 104 Å². The molecule has 1 atom stereocenters. The third-order valence-electron chi connectivity index (χ3n) is 3.89. The van der Waals surface area contributed by atoms with Crippen LogP contribution in [-0.4, -0.2) is 26.7 Å². The highest BCUT2D eigenvalue weighted by molar-refractivity contribution is 5.37. The van der Waals surface area contributed by atoms with Gasteiger partial charge in [-0.2, -0.15) is 0 Å². The molecule has 0 amide bonds. The zero-order valence-corrected chi connectivity index (χ0v) is 11.1. The smallest absolute Gasteiger partial charge is 0.163 e. The van der Waals surface area contributed by atoms with Gasteiger partial charge in [0.1, 0.15) is 18.8 Å². The van der Waals surface area contributed by atoms with Crippen LogP contribution in [0.25, 0.3) is 0 Å². The lowest BCUT2D eigenvalue weighted by molar-refractivity contribution is -0.945. The summed E-state index contributed by atoms with van der Waals surface area (Å²) in [6.45, 7) is 9.23. The predicted octanol–water partition coefficient (Wildman–Crippen LogP) is -0.262. The second-order valence-corrected chi connectivity index (χ2v) is 4.71. The van der Waals surface area contributed by atoms with Gasteiger partial charge in [-0.15, -0.1) is 0 Å². The van der Waals surface area contributed by atoms with Crippen molar-refractivity contribution in [2.45, 2.75) is 26.4 Å². The highest BCUT2D eigenvalue weighted by Crippen LogP contribution is 2.22. The van der Waals surface area contributed by atoms with Gasteiger partial charge in [-0.3, -0.25) is 0 Å². The van der Waals surface area contributed by atoms with Crippen molar-refractivity contribution in [3.63, 3.8) is 0 Å². The van der Waals surface area contributed by atoms with Gasteiger partial charge in [-0.05, 0) is 32.0 Å². The molecule has 3 nitrogen and oxygen atoms in total. The predicted molar refractivity (Wildman–Crippen MR) is 68.3 cm³/mol. The average molecular weight is 236 g/mol. The van der Waals surface area contributed by atoms with Crippen molar-refractivity contribution in [1.82, 2.24) is 0 Å². The van der Waals surface area contributed by atoms with E-state index >= 15 is 0 Å². The molecule has 1 aromatic carbocycles. The molecular weight excluding hydrogens is 212 g/mol. The molecule has 3 N–H and O–H groups in total. The summed E-state index contributed by atoms with van der Waals surface area (Å²) in [5, 5.41) is 2.41. The topological polar surface area (TPSA) is 30.3 Å². The van der Waals surface area contributed by atoms with Gasteiger partial charge in [0.15, 0.2) is 6.04 Å². The van der Waals surface area contributed by atoms with E-state index in [1.807, 2.05) is 0 Å². The summed E-state index contributed by atoms with van der Waals surface area (Å²) in [4.78, 5) is 1.67. The van der Waals surface area contributed by atoms with E-state index in [-0.39, 0.29) is 0 Å². The van der Waals surface area contributed by atoms with Gasteiger partial charge >= 0.3 is 0 Å². The molecule has 2 rings (SSSR count). The number of nitrogens with one attached hydrogen (secondary N) is 1. The van der Waals surface area contributed by atoms with Crippen LogP contribution in [0.2, 0.25) is 0 Å². The molecule has 0 fully saturated rings. The third-order valence-corrected chi connectivity index (χ3v) is 3.89. The fourth-order valence-electron chi connectivity index (χ4n) is 2.89. The monoisotopic (exact) mass is 236 g/mol. The van der Waals surface area contributed by atoms with Crippen LogP contribution < -0.4 is 15.0 Å². The van der Waals surface area contributed by atoms with Gasteiger partial charge in [-0.1, -0.05) is 0 Å². The molecule has 0 bridgehead atoms. The van der Waals surface area contributed by atoms with E-state index < -0.39 is 0 Å². The van der Waals surface area contributed by atoms with E-state index in [0.717, 1.165) is 12.3 Å². The van der Waals surface area contributed by atoms with E-state index in [1.54, 1.807) is 12.0 Å². The number of likely N-dealkylation sites (N-methyl/N-ethyl adjacent to an activating group) is 1. The SMILES string of the molecule is CC[NH+](CC)[C@H]1C[NH2+]Cc2cc(OC)ccc21. The molecule has 1 aromatic rings. The summed E-state index contributed by atoms with van der Waals surface area (Å²) in [6.07, 6.45) is 0. The molecule has 94 valence electrons. The Hall–Kier alpha value is -1.06. The third kappa shape index (κ3) is 2.45. The maximum Gasteiger partial charge on any atom is 0.163 e. The molecule has 1 aliphatic heterocycles. The van der Waals surface area contributed by atoms with Gasteiger partial charge in [0.2, 0.25) is 0 Å². The molecule has 0 aromatic heterocycles. The second-order valence-electron chi connectivity index (χ2n) is 4.71. The summed E-state index contributed by atoms with van der Waals surface area (Å²) < 4.78 is 5.31. The molecule has 3 heteroatoms. The van der Waals surface area contributed by atoms with Crippen LogP contribution in [0.3, 0.4) is 0 Å². The highest BCUT2D eigenvalue weighted by atomic mass is 16.5. The molecule has 0 saturated heterocycles. The lowest BCUT2D eigenvalue weighted by atomic mass is 9.95. The molecule has 1 heterocycles. The van der Waals surface area contributed by atoms with Gasteiger partial charge in [0.05, 0.1) is 20.2 Å². The van der Waals surface area contributed by atoms with Crippen molar-refractivity contribution >= 4 is 0 Å². The molecule has 0 saturated carbocycles. The van der Waals surface area contributed by atoms with Gasteiger partial charge in [0, 0.05) is 11.1 Å². The van der Waals surface area contributed by atoms with Crippen LogP contribution in [0.1, 0.15) is 31.0 Å². The number of methoxy groups -OCH3 is 1. The number of quaternary nitrogens is 2. The van der Waals surface area contributed by atoms with Crippen LogP contribution in [-0.2, 0) is 6.54 Å². The molecule has 0 radical (unpaired) electrons. The van der Waals surface area contributed by atoms with Crippen molar-refractivity contribution in [1.29, 1.82) is 0 Å². The number of nitrogens with two attached hydrogens (primary N) is 1. The van der Waals surface area contributed by atoms with Crippen LogP contribution in [0, 0.1) is 0 Å².